The molecule has 0 fully saturated rings. The van der Waals surface area contributed by atoms with Gasteiger partial charge in [-0.25, -0.2) is 0 Å². The summed E-state index contributed by atoms with van der Waals surface area (Å²) in [5, 5.41) is 3.94. The van der Waals surface area contributed by atoms with Crippen molar-refractivity contribution in [1.29, 1.82) is 0 Å². The number of ether oxygens (including phenoxy) is 2. The van der Waals surface area contributed by atoms with Gasteiger partial charge in [-0.05, 0) is 38.1 Å². The molecule has 0 spiro atoms. The third kappa shape index (κ3) is 6.05. The first-order valence-corrected chi connectivity index (χ1v) is 7.12. The number of methoxy groups -OCH3 is 1. The minimum absolute atomic E-state index is 0.0688. The summed E-state index contributed by atoms with van der Waals surface area (Å²) in [5.41, 5.74) is 0. The van der Waals surface area contributed by atoms with E-state index in [1.54, 1.807) is 7.11 Å². The molecule has 0 aromatic heterocycles. The lowest BCUT2D eigenvalue weighted by molar-refractivity contribution is 0.188. The molecule has 0 aliphatic carbocycles. The zero-order valence-electron chi connectivity index (χ0n) is 10.7. The number of halogens is 2. The van der Waals surface area contributed by atoms with Crippen LogP contribution in [-0.2, 0) is 4.74 Å². The Morgan fingerprint density at radius 2 is 2.22 bits per heavy atom. The molecule has 0 amide bonds. The Labute approximate surface area is 122 Å². The molecule has 1 rings (SSSR count). The van der Waals surface area contributed by atoms with Gasteiger partial charge >= 0.3 is 0 Å². The van der Waals surface area contributed by atoms with Crippen LogP contribution in [0.5, 0.6) is 5.75 Å². The summed E-state index contributed by atoms with van der Waals surface area (Å²) in [7, 11) is 1.71. The van der Waals surface area contributed by atoms with Gasteiger partial charge in [0, 0.05) is 24.7 Å². The Bertz CT molecular complexity index is 363. The van der Waals surface area contributed by atoms with Crippen molar-refractivity contribution in [2.24, 2.45) is 0 Å². The van der Waals surface area contributed by atoms with Crippen LogP contribution in [0.2, 0.25) is 5.02 Å². The SMILES string of the molecule is COCCCNCC(C)Oc1cc(Br)ccc1Cl. The predicted molar refractivity (Wildman–Crippen MR) is 78.6 cm³/mol. The van der Waals surface area contributed by atoms with E-state index in [-0.39, 0.29) is 6.10 Å². The molecule has 0 saturated carbocycles. The standard InChI is InChI=1S/C13H19BrClNO2/c1-10(9-16-6-3-7-17-2)18-13-8-11(14)4-5-12(13)15/h4-5,8,10,16H,3,6-7,9H2,1-2H3. The first-order chi connectivity index (χ1) is 8.63. The zero-order valence-corrected chi connectivity index (χ0v) is 13.1. The molecule has 0 heterocycles. The number of rotatable bonds is 8. The first-order valence-electron chi connectivity index (χ1n) is 5.95. The minimum atomic E-state index is 0.0688. The Morgan fingerprint density at radius 1 is 1.44 bits per heavy atom. The summed E-state index contributed by atoms with van der Waals surface area (Å²) >= 11 is 9.46. The van der Waals surface area contributed by atoms with E-state index in [9.17, 15) is 0 Å². The topological polar surface area (TPSA) is 30.5 Å². The fraction of sp³-hybridized carbons (Fsp3) is 0.538. The highest BCUT2D eigenvalue weighted by Crippen LogP contribution is 2.28. The summed E-state index contributed by atoms with van der Waals surface area (Å²) in [5.74, 6) is 0.706. The molecule has 1 aromatic rings. The molecule has 18 heavy (non-hydrogen) atoms. The van der Waals surface area contributed by atoms with Crippen molar-refractivity contribution >= 4 is 27.5 Å². The number of nitrogens with one attached hydrogen (secondary N) is 1. The van der Waals surface area contributed by atoms with Crippen molar-refractivity contribution in [3.63, 3.8) is 0 Å². The minimum Gasteiger partial charge on any atom is -0.488 e. The molecule has 3 nitrogen and oxygen atoms in total. The van der Waals surface area contributed by atoms with E-state index in [1.807, 2.05) is 25.1 Å². The Kier molecular flexibility index (Phi) is 7.66. The van der Waals surface area contributed by atoms with Crippen LogP contribution in [0.15, 0.2) is 22.7 Å². The highest BCUT2D eigenvalue weighted by atomic mass is 79.9. The van der Waals surface area contributed by atoms with Gasteiger partial charge in [-0.1, -0.05) is 27.5 Å². The van der Waals surface area contributed by atoms with E-state index in [0.29, 0.717) is 10.8 Å². The van der Waals surface area contributed by atoms with E-state index in [1.165, 1.54) is 0 Å². The lowest BCUT2D eigenvalue weighted by Gasteiger charge is -2.16. The molecule has 5 heteroatoms. The average molecular weight is 337 g/mol. The van der Waals surface area contributed by atoms with Crippen LogP contribution in [0.1, 0.15) is 13.3 Å². The van der Waals surface area contributed by atoms with E-state index >= 15 is 0 Å². The number of benzene rings is 1. The third-order valence-electron chi connectivity index (χ3n) is 2.36. The van der Waals surface area contributed by atoms with E-state index < -0.39 is 0 Å². The first kappa shape index (κ1) is 15.8. The van der Waals surface area contributed by atoms with Gasteiger partial charge < -0.3 is 14.8 Å². The fourth-order valence-corrected chi connectivity index (χ4v) is 1.97. The predicted octanol–water partition coefficient (Wildman–Crippen LogP) is 3.50. The molecule has 0 aliphatic rings. The van der Waals surface area contributed by atoms with E-state index in [2.05, 4.69) is 21.2 Å². The van der Waals surface area contributed by atoms with Gasteiger partial charge in [-0.2, -0.15) is 0 Å². The number of hydrogen-bond donors (Lipinski definition) is 1. The molecule has 1 unspecified atom stereocenters. The van der Waals surface area contributed by atoms with Crippen molar-refractivity contribution in [2.45, 2.75) is 19.4 Å². The van der Waals surface area contributed by atoms with Crippen LogP contribution < -0.4 is 10.1 Å². The van der Waals surface area contributed by atoms with E-state index in [4.69, 9.17) is 21.1 Å². The molecule has 1 N–H and O–H groups in total. The Balaban J connectivity index is 2.30. The quantitative estimate of drug-likeness (QED) is 0.737. The summed E-state index contributed by atoms with van der Waals surface area (Å²) in [4.78, 5) is 0. The maximum Gasteiger partial charge on any atom is 0.139 e. The maximum atomic E-state index is 6.06. The van der Waals surface area contributed by atoms with Gasteiger partial charge in [0.2, 0.25) is 0 Å². The molecular formula is C13H19BrClNO2. The summed E-state index contributed by atoms with van der Waals surface area (Å²) in [6, 6.07) is 5.59. The van der Waals surface area contributed by atoms with Gasteiger partial charge in [0.15, 0.2) is 0 Å². The number of hydrogen-bond acceptors (Lipinski definition) is 3. The van der Waals surface area contributed by atoms with Gasteiger partial charge in [0.25, 0.3) is 0 Å². The lowest BCUT2D eigenvalue weighted by atomic mass is 10.3. The van der Waals surface area contributed by atoms with Crippen LogP contribution in [0, 0.1) is 0 Å². The normalized spacial score (nSPS) is 12.4. The van der Waals surface area contributed by atoms with Crippen molar-refractivity contribution < 1.29 is 9.47 Å². The second-order valence-electron chi connectivity index (χ2n) is 4.05. The van der Waals surface area contributed by atoms with Crippen LogP contribution >= 0.6 is 27.5 Å². The summed E-state index contributed by atoms with van der Waals surface area (Å²) in [6.45, 7) is 4.50. The van der Waals surface area contributed by atoms with Gasteiger partial charge in [-0.15, -0.1) is 0 Å². The van der Waals surface area contributed by atoms with Crippen molar-refractivity contribution in [3.05, 3.63) is 27.7 Å². The summed E-state index contributed by atoms with van der Waals surface area (Å²) in [6.07, 6.45) is 1.07. The molecular weight excluding hydrogens is 318 g/mol. The molecule has 0 saturated heterocycles. The zero-order chi connectivity index (χ0) is 13.4. The van der Waals surface area contributed by atoms with Crippen LogP contribution in [0.25, 0.3) is 0 Å². The molecule has 0 bridgehead atoms. The molecule has 1 aromatic carbocycles. The Hall–Kier alpha value is -0.290. The maximum absolute atomic E-state index is 6.06. The van der Waals surface area contributed by atoms with Crippen LogP contribution in [0.3, 0.4) is 0 Å². The smallest absolute Gasteiger partial charge is 0.139 e. The van der Waals surface area contributed by atoms with Crippen LogP contribution in [-0.4, -0.2) is 32.9 Å². The van der Waals surface area contributed by atoms with Crippen molar-refractivity contribution in [1.82, 2.24) is 5.32 Å². The molecule has 102 valence electrons. The van der Waals surface area contributed by atoms with Crippen LogP contribution in [0.4, 0.5) is 0 Å². The molecule has 0 radical (unpaired) electrons. The van der Waals surface area contributed by atoms with Gasteiger partial charge in [0.05, 0.1) is 5.02 Å². The third-order valence-corrected chi connectivity index (χ3v) is 3.16. The average Bonchev–Trinajstić information content (AvgIpc) is 2.33. The second kappa shape index (κ2) is 8.75. The molecule has 1 atom stereocenters. The summed E-state index contributed by atoms with van der Waals surface area (Å²) < 4.78 is 11.7. The van der Waals surface area contributed by atoms with Crippen molar-refractivity contribution in [3.8, 4) is 5.75 Å². The monoisotopic (exact) mass is 335 g/mol. The van der Waals surface area contributed by atoms with E-state index in [0.717, 1.165) is 30.6 Å². The Morgan fingerprint density at radius 3 is 2.94 bits per heavy atom. The lowest BCUT2D eigenvalue weighted by Crippen LogP contribution is -2.30. The highest BCUT2D eigenvalue weighted by Gasteiger charge is 2.07. The van der Waals surface area contributed by atoms with Gasteiger partial charge in [-0.3, -0.25) is 0 Å². The molecule has 0 aliphatic heterocycles. The van der Waals surface area contributed by atoms with Gasteiger partial charge in [0.1, 0.15) is 11.9 Å². The largest absolute Gasteiger partial charge is 0.488 e. The fourth-order valence-electron chi connectivity index (χ4n) is 1.47. The van der Waals surface area contributed by atoms with Crippen molar-refractivity contribution in [2.75, 3.05) is 26.8 Å². The highest BCUT2D eigenvalue weighted by molar-refractivity contribution is 9.10. The second-order valence-corrected chi connectivity index (χ2v) is 5.38.